The fraction of sp³-hybridized carbons (Fsp3) is 0.769. The molecular formula is C13H22N4O2. The normalized spacial score (nSPS) is 15.5. The van der Waals surface area contributed by atoms with Crippen LogP contribution in [0.1, 0.15) is 57.2 Å². The SMILES string of the molecule is CC(C)(CN)NC(=O)CCCc1nc(C2CC2)no1. The van der Waals surface area contributed by atoms with Crippen molar-refractivity contribution in [3.63, 3.8) is 0 Å². The highest BCUT2D eigenvalue weighted by atomic mass is 16.5. The molecule has 6 nitrogen and oxygen atoms in total. The van der Waals surface area contributed by atoms with Crippen LogP contribution in [0.15, 0.2) is 4.52 Å². The zero-order valence-corrected chi connectivity index (χ0v) is 11.6. The second kappa shape index (κ2) is 5.69. The van der Waals surface area contributed by atoms with Crippen LogP contribution in [0.4, 0.5) is 0 Å². The zero-order valence-electron chi connectivity index (χ0n) is 11.6. The summed E-state index contributed by atoms with van der Waals surface area (Å²) >= 11 is 0. The highest BCUT2D eigenvalue weighted by Gasteiger charge is 2.28. The Morgan fingerprint density at radius 1 is 1.53 bits per heavy atom. The van der Waals surface area contributed by atoms with Crippen LogP contribution in [-0.4, -0.2) is 28.1 Å². The molecule has 3 N–H and O–H groups in total. The van der Waals surface area contributed by atoms with Crippen molar-refractivity contribution in [2.24, 2.45) is 5.73 Å². The quantitative estimate of drug-likeness (QED) is 0.771. The van der Waals surface area contributed by atoms with Crippen molar-refractivity contribution in [1.29, 1.82) is 0 Å². The third-order valence-corrected chi connectivity index (χ3v) is 3.21. The van der Waals surface area contributed by atoms with Gasteiger partial charge in [0.1, 0.15) is 0 Å². The Bertz CT molecular complexity index is 438. The first-order valence-electron chi connectivity index (χ1n) is 6.84. The summed E-state index contributed by atoms with van der Waals surface area (Å²) in [5.41, 5.74) is 5.22. The van der Waals surface area contributed by atoms with Crippen LogP contribution in [0.3, 0.4) is 0 Å². The van der Waals surface area contributed by atoms with E-state index in [-0.39, 0.29) is 11.4 Å². The Labute approximate surface area is 113 Å². The molecule has 0 atom stereocenters. The molecule has 1 amide bonds. The highest BCUT2D eigenvalue weighted by molar-refractivity contribution is 5.76. The first kappa shape index (κ1) is 14.0. The molecule has 0 unspecified atom stereocenters. The van der Waals surface area contributed by atoms with E-state index in [1.165, 1.54) is 0 Å². The third kappa shape index (κ3) is 4.31. The number of nitrogens with zero attached hydrogens (tertiary/aromatic N) is 2. The number of carbonyl (C=O) groups excluding carboxylic acids is 1. The van der Waals surface area contributed by atoms with Gasteiger partial charge in [-0.05, 0) is 33.1 Å². The van der Waals surface area contributed by atoms with E-state index < -0.39 is 0 Å². The molecule has 106 valence electrons. The zero-order chi connectivity index (χ0) is 13.9. The molecule has 0 bridgehead atoms. The molecule has 1 aliphatic carbocycles. The van der Waals surface area contributed by atoms with Crippen molar-refractivity contribution in [1.82, 2.24) is 15.5 Å². The van der Waals surface area contributed by atoms with Gasteiger partial charge in [-0.25, -0.2) is 0 Å². The van der Waals surface area contributed by atoms with Crippen LogP contribution in [0, 0.1) is 0 Å². The Kier molecular flexibility index (Phi) is 4.19. The minimum absolute atomic E-state index is 0.0115. The summed E-state index contributed by atoms with van der Waals surface area (Å²) in [6, 6.07) is 0. The maximum Gasteiger partial charge on any atom is 0.226 e. The van der Waals surface area contributed by atoms with Crippen molar-refractivity contribution in [3.05, 3.63) is 11.7 Å². The highest BCUT2D eigenvalue weighted by Crippen LogP contribution is 2.38. The summed E-state index contributed by atoms with van der Waals surface area (Å²) in [5, 5.41) is 6.84. The number of hydrogen-bond donors (Lipinski definition) is 2. The minimum Gasteiger partial charge on any atom is -0.350 e. The molecule has 1 aromatic rings. The van der Waals surface area contributed by atoms with Gasteiger partial charge in [-0.3, -0.25) is 4.79 Å². The minimum atomic E-state index is -0.347. The summed E-state index contributed by atoms with van der Waals surface area (Å²) in [7, 11) is 0. The van der Waals surface area contributed by atoms with Crippen LogP contribution in [0.2, 0.25) is 0 Å². The molecule has 0 aromatic carbocycles. The topological polar surface area (TPSA) is 94.0 Å². The number of nitrogens with one attached hydrogen (secondary N) is 1. The summed E-state index contributed by atoms with van der Waals surface area (Å²) in [6.07, 6.45) is 4.13. The molecule has 0 radical (unpaired) electrons. The Balaban J connectivity index is 1.69. The van der Waals surface area contributed by atoms with E-state index in [9.17, 15) is 4.79 Å². The lowest BCUT2D eigenvalue weighted by Crippen LogP contribution is -2.48. The van der Waals surface area contributed by atoms with Gasteiger partial charge in [0.15, 0.2) is 5.82 Å². The van der Waals surface area contributed by atoms with Gasteiger partial charge in [-0.1, -0.05) is 5.16 Å². The third-order valence-electron chi connectivity index (χ3n) is 3.21. The monoisotopic (exact) mass is 266 g/mol. The molecule has 1 aromatic heterocycles. The predicted molar refractivity (Wildman–Crippen MR) is 70.5 cm³/mol. The van der Waals surface area contributed by atoms with E-state index >= 15 is 0 Å². The summed E-state index contributed by atoms with van der Waals surface area (Å²) in [4.78, 5) is 16.0. The van der Waals surface area contributed by atoms with Gasteiger partial charge in [0.25, 0.3) is 0 Å². The molecule has 0 spiro atoms. The van der Waals surface area contributed by atoms with Gasteiger partial charge in [0.05, 0.1) is 0 Å². The summed E-state index contributed by atoms with van der Waals surface area (Å²) in [6.45, 7) is 4.24. The number of amides is 1. The smallest absolute Gasteiger partial charge is 0.226 e. The average molecular weight is 266 g/mol. The molecule has 19 heavy (non-hydrogen) atoms. The van der Waals surface area contributed by atoms with E-state index in [2.05, 4.69) is 15.5 Å². The fourth-order valence-electron chi connectivity index (χ4n) is 1.77. The van der Waals surface area contributed by atoms with Crippen LogP contribution in [0.25, 0.3) is 0 Å². The molecular weight excluding hydrogens is 244 g/mol. The average Bonchev–Trinajstić information content (AvgIpc) is 3.09. The molecule has 1 saturated carbocycles. The van der Waals surface area contributed by atoms with E-state index in [4.69, 9.17) is 10.3 Å². The first-order valence-corrected chi connectivity index (χ1v) is 6.84. The lowest BCUT2D eigenvalue weighted by Gasteiger charge is -2.24. The van der Waals surface area contributed by atoms with Gasteiger partial charge in [-0.2, -0.15) is 4.98 Å². The van der Waals surface area contributed by atoms with E-state index in [0.717, 1.165) is 18.7 Å². The van der Waals surface area contributed by atoms with Gasteiger partial charge in [0.2, 0.25) is 11.8 Å². The second-order valence-corrected chi connectivity index (χ2v) is 5.81. The van der Waals surface area contributed by atoms with Crippen LogP contribution < -0.4 is 11.1 Å². The maximum absolute atomic E-state index is 11.7. The first-order chi connectivity index (χ1) is 9.00. The van der Waals surface area contributed by atoms with Crippen molar-refractivity contribution < 1.29 is 9.32 Å². The Hall–Kier alpha value is -1.43. The van der Waals surface area contributed by atoms with Crippen molar-refractivity contribution in [2.75, 3.05) is 6.54 Å². The molecule has 1 heterocycles. The van der Waals surface area contributed by atoms with Gasteiger partial charge in [0, 0.05) is 30.8 Å². The van der Waals surface area contributed by atoms with Crippen molar-refractivity contribution in [2.45, 2.75) is 57.4 Å². The molecule has 6 heteroatoms. The molecule has 0 saturated heterocycles. The summed E-state index contributed by atoms with van der Waals surface area (Å²) in [5.74, 6) is 1.97. The number of aromatic nitrogens is 2. The largest absolute Gasteiger partial charge is 0.350 e. The van der Waals surface area contributed by atoms with E-state index in [1.54, 1.807) is 0 Å². The Morgan fingerprint density at radius 2 is 2.26 bits per heavy atom. The Morgan fingerprint density at radius 3 is 2.89 bits per heavy atom. The standard InChI is InChI=1S/C13H22N4O2/c1-13(2,8-14)16-10(18)4-3-5-11-15-12(17-19-11)9-6-7-9/h9H,3-8,14H2,1-2H3,(H,16,18). The van der Waals surface area contributed by atoms with E-state index in [0.29, 0.717) is 37.6 Å². The lowest BCUT2D eigenvalue weighted by molar-refractivity contribution is -0.122. The molecule has 0 aliphatic heterocycles. The predicted octanol–water partition coefficient (Wildman–Crippen LogP) is 1.12. The van der Waals surface area contributed by atoms with Gasteiger partial charge in [-0.15, -0.1) is 0 Å². The molecule has 2 rings (SSSR count). The van der Waals surface area contributed by atoms with Gasteiger partial charge < -0.3 is 15.6 Å². The second-order valence-electron chi connectivity index (χ2n) is 5.81. The number of nitrogens with two attached hydrogens (primary N) is 1. The lowest BCUT2D eigenvalue weighted by atomic mass is 10.1. The number of rotatable bonds is 7. The van der Waals surface area contributed by atoms with E-state index in [1.807, 2.05) is 13.8 Å². The van der Waals surface area contributed by atoms with Crippen molar-refractivity contribution >= 4 is 5.91 Å². The maximum atomic E-state index is 11.7. The fourth-order valence-corrected chi connectivity index (χ4v) is 1.77. The van der Waals surface area contributed by atoms with Crippen LogP contribution in [-0.2, 0) is 11.2 Å². The molecule has 1 fully saturated rings. The molecule has 1 aliphatic rings. The number of hydrogen-bond acceptors (Lipinski definition) is 5. The number of carbonyl (C=O) groups is 1. The summed E-state index contributed by atoms with van der Waals surface area (Å²) < 4.78 is 5.16. The van der Waals surface area contributed by atoms with Crippen LogP contribution in [0.5, 0.6) is 0 Å². The van der Waals surface area contributed by atoms with Crippen LogP contribution >= 0.6 is 0 Å². The van der Waals surface area contributed by atoms with Crippen molar-refractivity contribution in [3.8, 4) is 0 Å². The van der Waals surface area contributed by atoms with Gasteiger partial charge >= 0.3 is 0 Å². The number of aryl methyl sites for hydroxylation is 1.